The van der Waals surface area contributed by atoms with Crippen molar-refractivity contribution in [1.82, 2.24) is 10.6 Å². The van der Waals surface area contributed by atoms with Gasteiger partial charge in [-0.3, -0.25) is 10.2 Å². The minimum absolute atomic E-state index is 0.0435. The molecule has 0 saturated carbocycles. The van der Waals surface area contributed by atoms with Gasteiger partial charge in [0.15, 0.2) is 0 Å². The highest BCUT2D eigenvalue weighted by atomic mass is 16.1. The van der Waals surface area contributed by atoms with E-state index >= 15 is 0 Å². The summed E-state index contributed by atoms with van der Waals surface area (Å²) in [6, 6.07) is 0.0702. The van der Waals surface area contributed by atoms with Crippen LogP contribution < -0.4 is 10.6 Å². The summed E-state index contributed by atoms with van der Waals surface area (Å²) in [5.74, 6) is -0.350. The molecule has 4 heteroatoms. The van der Waals surface area contributed by atoms with Crippen molar-refractivity contribution in [3.63, 3.8) is 0 Å². The van der Waals surface area contributed by atoms with Gasteiger partial charge in [-0.2, -0.15) is 0 Å². The molecule has 1 amide bonds. The zero-order chi connectivity index (χ0) is 9.56. The summed E-state index contributed by atoms with van der Waals surface area (Å²) in [6.45, 7) is 3.71. The number of amides is 1. The van der Waals surface area contributed by atoms with Crippen LogP contribution in [0.4, 0.5) is 0 Å². The highest BCUT2D eigenvalue weighted by Gasteiger charge is 2.05. The third kappa shape index (κ3) is 4.49. The largest absolute Gasteiger partial charge is 0.394 e. The lowest BCUT2D eigenvalue weighted by Crippen LogP contribution is -2.34. The third-order valence-electron chi connectivity index (χ3n) is 1.08. The van der Waals surface area contributed by atoms with Crippen molar-refractivity contribution in [2.45, 2.75) is 19.9 Å². The summed E-state index contributed by atoms with van der Waals surface area (Å²) in [7, 11) is 1.71. The van der Waals surface area contributed by atoms with E-state index in [2.05, 4.69) is 10.6 Å². The maximum Gasteiger partial charge on any atom is 0.269 e. The van der Waals surface area contributed by atoms with Crippen LogP contribution in [0.5, 0.6) is 0 Å². The fraction of sp³-hybridized carbons (Fsp3) is 0.500. The Balaban J connectivity index is 3.94. The molecule has 0 aliphatic carbocycles. The molecule has 0 spiro atoms. The minimum atomic E-state index is -0.350. The topological polar surface area (TPSA) is 65.0 Å². The molecule has 4 nitrogen and oxygen atoms in total. The van der Waals surface area contributed by atoms with Crippen LogP contribution in [0.2, 0.25) is 0 Å². The number of rotatable bonds is 4. The molecule has 0 saturated heterocycles. The first-order chi connectivity index (χ1) is 5.57. The Morgan fingerprint density at radius 2 is 2.08 bits per heavy atom. The van der Waals surface area contributed by atoms with E-state index in [-0.39, 0.29) is 17.7 Å². The molecule has 0 radical (unpaired) electrons. The van der Waals surface area contributed by atoms with Crippen LogP contribution in [-0.4, -0.2) is 24.7 Å². The van der Waals surface area contributed by atoms with Crippen LogP contribution in [0.1, 0.15) is 13.8 Å². The third-order valence-corrected chi connectivity index (χ3v) is 1.08. The lowest BCUT2D eigenvalue weighted by atomic mass is 10.3. The van der Waals surface area contributed by atoms with E-state index in [4.69, 9.17) is 5.41 Å². The highest BCUT2D eigenvalue weighted by Crippen LogP contribution is 1.81. The Morgan fingerprint density at radius 3 is 2.50 bits per heavy atom. The molecule has 0 aliphatic rings. The van der Waals surface area contributed by atoms with Crippen molar-refractivity contribution in [3.8, 4) is 0 Å². The SMILES string of the molecule is CN/C=C\C(=N)C(=O)NC(C)C. The second kappa shape index (κ2) is 5.35. The van der Waals surface area contributed by atoms with Crippen molar-refractivity contribution < 1.29 is 4.79 Å². The van der Waals surface area contributed by atoms with E-state index < -0.39 is 0 Å². The van der Waals surface area contributed by atoms with Gasteiger partial charge in [0.2, 0.25) is 0 Å². The average Bonchev–Trinajstić information content (AvgIpc) is 1.98. The quantitative estimate of drug-likeness (QED) is 0.529. The van der Waals surface area contributed by atoms with Gasteiger partial charge < -0.3 is 10.6 Å². The summed E-state index contributed by atoms with van der Waals surface area (Å²) in [5.41, 5.74) is -0.0435. The first kappa shape index (κ1) is 10.7. The maximum atomic E-state index is 11.0. The molecule has 0 aromatic rings. The van der Waals surface area contributed by atoms with Gasteiger partial charge in [0, 0.05) is 13.1 Å². The summed E-state index contributed by atoms with van der Waals surface area (Å²) >= 11 is 0. The molecular weight excluding hydrogens is 154 g/mol. The standard InChI is InChI=1S/C8H15N3O/c1-6(2)11-8(12)7(9)4-5-10-3/h4-6,9-10H,1-3H3,(H,11,12)/b5-4-,9-7?. The molecule has 0 heterocycles. The van der Waals surface area contributed by atoms with Crippen molar-refractivity contribution >= 4 is 11.6 Å². The fourth-order valence-electron chi connectivity index (χ4n) is 0.582. The lowest BCUT2D eigenvalue weighted by Gasteiger charge is -2.06. The number of carbonyl (C=O) groups is 1. The summed E-state index contributed by atoms with van der Waals surface area (Å²) in [4.78, 5) is 11.0. The van der Waals surface area contributed by atoms with E-state index in [9.17, 15) is 4.79 Å². The smallest absolute Gasteiger partial charge is 0.269 e. The molecule has 0 aromatic carbocycles. The van der Waals surface area contributed by atoms with Gasteiger partial charge in [-0.15, -0.1) is 0 Å². The van der Waals surface area contributed by atoms with Crippen molar-refractivity contribution in [3.05, 3.63) is 12.3 Å². The lowest BCUT2D eigenvalue weighted by molar-refractivity contribution is -0.115. The first-order valence-electron chi connectivity index (χ1n) is 3.81. The second-order valence-electron chi connectivity index (χ2n) is 2.66. The molecule has 0 bridgehead atoms. The molecule has 0 rings (SSSR count). The van der Waals surface area contributed by atoms with Crippen LogP contribution in [0.25, 0.3) is 0 Å². The predicted octanol–water partition coefficient (Wildman–Crippen LogP) is 0.264. The van der Waals surface area contributed by atoms with Crippen LogP contribution in [0.15, 0.2) is 12.3 Å². The molecule has 0 fully saturated rings. The zero-order valence-electron chi connectivity index (χ0n) is 7.64. The van der Waals surface area contributed by atoms with Gasteiger partial charge in [0.1, 0.15) is 5.71 Å². The Bertz CT molecular complexity index is 196. The van der Waals surface area contributed by atoms with Crippen molar-refractivity contribution in [2.75, 3.05) is 7.05 Å². The molecule has 0 atom stereocenters. The van der Waals surface area contributed by atoms with Crippen molar-refractivity contribution in [2.24, 2.45) is 0 Å². The highest BCUT2D eigenvalue weighted by molar-refractivity contribution is 6.42. The fourth-order valence-corrected chi connectivity index (χ4v) is 0.582. The first-order valence-corrected chi connectivity index (χ1v) is 3.81. The summed E-state index contributed by atoms with van der Waals surface area (Å²) < 4.78 is 0. The Hall–Kier alpha value is -1.32. The summed E-state index contributed by atoms with van der Waals surface area (Å²) in [6.07, 6.45) is 2.96. The number of hydrogen-bond acceptors (Lipinski definition) is 3. The Morgan fingerprint density at radius 1 is 1.50 bits per heavy atom. The molecule has 0 aromatic heterocycles. The molecule has 0 aliphatic heterocycles. The van der Waals surface area contributed by atoms with Crippen LogP contribution in [0, 0.1) is 5.41 Å². The van der Waals surface area contributed by atoms with E-state index in [0.717, 1.165) is 0 Å². The average molecular weight is 169 g/mol. The monoisotopic (exact) mass is 169 g/mol. The van der Waals surface area contributed by atoms with Gasteiger partial charge >= 0.3 is 0 Å². The Labute approximate surface area is 72.6 Å². The minimum Gasteiger partial charge on any atom is -0.394 e. The molecule has 3 N–H and O–H groups in total. The number of nitrogens with one attached hydrogen (secondary N) is 3. The molecule has 12 heavy (non-hydrogen) atoms. The van der Waals surface area contributed by atoms with Gasteiger partial charge in [0.25, 0.3) is 5.91 Å². The van der Waals surface area contributed by atoms with E-state index in [1.807, 2.05) is 13.8 Å². The van der Waals surface area contributed by atoms with Gasteiger partial charge in [0.05, 0.1) is 0 Å². The predicted molar refractivity (Wildman–Crippen MR) is 49.2 cm³/mol. The normalized spacial score (nSPS) is 10.3. The zero-order valence-corrected chi connectivity index (χ0v) is 7.64. The second-order valence-corrected chi connectivity index (χ2v) is 2.66. The van der Waals surface area contributed by atoms with Gasteiger partial charge in [-0.05, 0) is 26.1 Å². The Kier molecular flexibility index (Phi) is 4.76. The number of hydrogen-bond donors (Lipinski definition) is 3. The van der Waals surface area contributed by atoms with E-state index in [1.54, 1.807) is 13.2 Å². The molecule has 0 unspecified atom stereocenters. The van der Waals surface area contributed by atoms with Crippen LogP contribution >= 0.6 is 0 Å². The molecule has 68 valence electrons. The van der Waals surface area contributed by atoms with E-state index in [0.29, 0.717) is 0 Å². The van der Waals surface area contributed by atoms with Crippen LogP contribution in [-0.2, 0) is 4.79 Å². The van der Waals surface area contributed by atoms with Crippen LogP contribution in [0.3, 0.4) is 0 Å². The van der Waals surface area contributed by atoms with E-state index in [1.165, 1.54) is 6.08 Å². The van der Waals surface area contributed by atoms with Gasteiger partial charge in [-0.25, -0.2) is 0 Å². The van der Waals surface area contributed by atoms with Gasteiger partial charge in [-0.1, -0.05) is 0 Å². The maximum absolute atomic E-state index is 11.0. The number of carbonyl (C=O) groups excluding carboxylic acids is 1. The molecular formula is C8H15N3O. The summed E-state index contributed by atoms with van der Waals surface area (Å²) in [5, 5.41) is 12.6. The van der Waals surface area contributed by atoms with Crippen molar-refractivity contribution in [1.29, 1.82) is 5.41 Å².